The number of morpholine rings is 1. The summed E-state index contributed by atoms with van der Waals surface area (Å²) in [5.41, 5.74) is 0.810. The Morgan fingerprint density at radius 3 is 2.06 bits per heavy atom. The molecule has 1 N–H and O–H groups in total. The fourth-order valence-corrected chi connectivity index (χ4v) is 4.03. The molecular weight excluding hydrogens is 444 g/mol. The highest BCUT2D eigenvalue weighted by Gasteiger charge is 2.14. The van der Waals surface area contributed by atoms with Gasteiger partial charge in [0.2, 0.25) is 5.91 Å². The van der Waals surface area contributed by atoms with Crippen LogP contribution >= 0.6 is 0 Å². The first-order chi connectivity index (χ1) is 17.0. The summed E-state index contributed by atoms with van der Waals surface area (Å²) in [4.78, 5) is 42.0. The van der Waals surface area contributed by atoms with Gasteiger partial charge >= 0.3 is 0 Å². The lowest BCUT2D eigenvalue weighted by Gasteiger charge is -2.26. The topological polar surface area (TPSA) is 85.6 Å². The number of nitrogens with one attached hydrogen (secondary N) is 1. The SMILES string of the molecule is Cn1c(=O)/c(=C/c2ccccc2)n(CC(=O)NCCN2CCOCC2)c(=O)/c1=C/c1ccccc1. The van der Waals surface area contributed by atoms with Crippen LogP contribution in [0.5, 0.6) is 0 Å². The van der Waals surface area contributed by atoms with E-state index in [9.17, 15) is 14.4 Å². The van der Waals surface area contributed by atoms with Crippen LogP contribution in [0.1, 0.15) is 11.1 Å². The normalized spacial score (nSPS) is 15.3. The van der Waals surface area contributed by atoms with Crippen molar-refractivity contribution < 1.29 is 9.53 Å². The summed E-state index contributed by atoms with van der Waals surface area (Å²) in [6.45, 7) is 3.96. The van der Waals surface area contributed by atoms with E-state index in [1.54, 1.807) is 19.2 Å². The molecule has 0 spiro atoms. The van der Waals surface area contributed by atoms with Gasteiger partial charge in [-0.25, -0.2) is 0 Å². The summed E-state index contributed by atoms with van der Waals surface area (Å²) in [6, 6.07) is 18.6. The Balaban J connectivity index is 1.71. The van der Waals surface area contributed by atoms with Crippen LogP contribution in [0.4, 0.5) is 0 Å². The number of hydrogen-bond acceptors (Lipinski definition) is 5. The summed E-state index contributed by atoms with van der Waals surface area (Å²) >= 11 is 0. The first kappa shape index (κ1) is 24.4. The van der Waals surface area contributed by atoms with Gasteiger partial charge in [-0.3, -0.25) is 23.9 Å². The molecule has 1 aliphatic rings. The zero-order valence-corrected chi connectivity index (χ0v) is 19.9. The minimum atomic E-state index is -0.401. The molecule has 1 aromatic heterocycles. The molecule has 0 bridgehead atoms. The molecule has 2 heterocycles. The van der Waals surface area contributed by atoms with Gasteiger partial charge in [0.25, 0.3) is 11.1 Å². The molecule has 4 rings (SSSR count). The van der Waals surface area contributed by atoms with E-state index in [1.165, 1.54) is 9.13 Å². The van der Waals surface area contributed by atoms with Crippen molar-refractivity contribution in [3.8, 4) is 0 Å². The largest absolute Gasteiger partial charge is 0.379 e. The zero-order valence-electron chi connectivity index (χ0n) is 19.9. The number of ether oxygens (including phenoxy) is 1. The third kappa shape index (κ3) is 6.23. The van der Waals surface area contributed by atoms with Gasteiger partial charge in [0.15, 0.2) is 0 Å². The molecule has 1 saturated heterocycles. The van der Waals surface area contributed by atoms with Gasteiger partial charge in [0.05, 0.1) is 13.2 Å². The molecule has 0 saturated carbocycles. The molecule has 2 aromatic carbocycles. The average molecular weight is 475 g/mol. The summed E-state index contributed by atoms with van der Waals surface area (Å²) in [5.74, 6) is -0.318. The second kappa shape index (κ2) is 11.6. The van der Waals surface area contributed by atoms with Crippen LogP contribution in [-0.2, 0) is 23.1 Å². The highest BCUT2D eigenvalue weighted by Crippen LogP contribution is 1.99. The predicted molar refractivity (Wildman–Crippen MR) is 135 cm³/mol. The summed E-state index contributed by atoms with van der Waals surface area (Å²) in [5, 5.41) is 3.27. The summed E-state index contributed by atoms with van der Waals surface area (Å²) in [6.07, 6.45) is 3.32. The van der Waals surface area contributed by atoms with Gasteiger partial charge in [-0.1, -0.05) is 60.7 Å². The highest BCUT2D eigenvalue weighted by atomic mass is 16.5. The van der Waals surface area contributed by atoms with E-state index >= 15 is 0 Å². The van der Waals surface area contributed by atoms with Crippen LogP contribution in [0.15, 0.2) is 70.3 Å². The van der Waals surface area contributed by atoms with Gasteiger partial charge in [0.1, 0.15) is 17.2 Å². The minimum absolute atomic E-state index is 0.164. The number of rotatable bonds is 7. The number of hydrogen-bond donors (Lipinski definition) is 1. The first-order valence-electron chi connectivity index (χ1n) is 11.7. The fraction of sp³-hybridized carbons (Fsp3) is 0.296. The monoisotopic (exact) mass is 474 g/mol. The zero-order chi connectivity index (χ0) is 24.6. The van der Waals surface area contributed by atoms with Gasteiger partial charge < -0.3 is 14.6 Å². The van der Waals surface area contributed by atoms with E-state index in [0.717, 1.165) is 24.2 Å². The van der Waals surface area contributed by atoms with Gasteiger partial charge in [-0.2, -0.15) is 0 Å². The van der Waals surface area contributed by atoms with E-state index in [4.69, 9.17) is 4.74 Å². The quantitative estimate of drug-likeness (QED) is 0.506. The summed E-state index contributed by atoms with van der Waals surface area (Å²) < 4.78 is 7.97. The van der Waals surface area contributed by atoms with Crippen molar-refractivity contribution in [3.63, 3.8) is 0 Å². The number of carbonyl (C=O) groups excluding carboxylic acids is 1. The molecule has 0 unspecified atom stereocenters. The van der Waals surface area contributed by atoms with Crippen LogP contribution in [0.3, 0.4) is 0 Å². The Morgan fingerprint density at radius 2 is 1.46 bits per heavy atom. The Kier molecular flexibility index (Phi) is 8.07. The fourth-order valence-electron chi connectivity index (χ4n) is 4.03. The molecule has 35 heavy (non-hydrogen) atoms. The molecule has 8 heteroatoms. The smallest absolute Gasteiger partial charge is 0.275 e. The maximum Gasteiger partial charge on any atom is 0.275 e. The Bertz CT molecular complexity index is 1390. The Labute approximate surface area is 203 Å². The molecule has 8 nitrogen and oxygen atoms in total. The van der Waals surface area contributed by atoms with E-state index in [0.29, 0.717) is 26.3 Å². The number of benzene rings is 2. The molecular formula is C27H30N4O4. The van der Waals surface area contributed by atoms with Crippen LogP contribution in [-0.4, -0.2) is 59.3 Å². The first-order valence-corrected chi connectivity index (χ1v) is 11.7. The molecule has 0 atom stereocenters. The molecule has 0 aliphatic carbocycles. The number of carbonyl (C=O) groups is 1. The Hall–Kier alpha value is -3.75. The molecule has 1 amide bonds. The maximum absolute atomic E-state index is 13.6. The number of nitrogens with zero attached hydrogens (tertiary/aromatic N) is 3. The predicted octanol–water partition coefficient (Wildman–Crippen LogP) is -0.347. The van der Waals surface area contributed by atoms with Crippen molar-refractivity contribution in [1.82, 2.24) is 19.4 Å². The second-order valence-corrected chi connectivity index (χ2v) is 8.44. The minimum Gasteiger partial charge on any atom is -0.379 e. The lowest BCUT2D eigenvalue weighted by molar-refractivity contribution is -0.121. The van der Waals surface area contributed by atoms with Crippen molar-refractivity contribution in [2.45, 2.75) is 6.54 Å². The molecule has 1 aliphatic heterocycles. The van der Waals surface area contributed by atoms with E-state index in [1.807, 2.05) is 60.7 Å². The van der Waals surface area contributed by atoms with Crippen molar-refractivity contribution in [3.05, 3.63) is 103 Å². The molecule has 1 fully saturated rings. The average Bonchev–Trinajstić information content (AvgIpc) is 2.89. The van der Waals surface area contributed by atoms with Crippen LogP contribution < -0.4 is 27.1 Å². The lowest BCUT2D eigenvalue weighted by atomic mass is 10.2. The summed E-state index contributed by atoms with van der Waals surface area (Å²) in [7, 11) is 1.58. The van der Waals surface area contributed by atoms with Crippen LogP contribution in [0.25, 0.3) is 12.2 Å². The van der Waals surface area contributed by atoms with Crippen molar-refractivity contribution in [2.24, 2.45) is 7.05 Å². The molecule has 0 radical (unpaired) electrons. The molecule has 3 aromatic rings. The van der Waals surface area contributed by atoms with Crippen molar-refractivity contribution >= 4 is 18.1 Å². The third-order valence-electron chi connectivity index (χ3n) is 6.00. The van der Waals surface area contributed by atoms with Crippen molar-refractivity contribution in [1.29, 1.82) is 0 Å². The van der Waals surface area contributed by atoms with Gasteiger partial charge in [0, 0.05) is 33.2 Å². The van der Waals surface area contributed by atoms with E-state index in [2.05, 4.69) is 10.2 Å². The third-order valence-corrected chi connectivity index (χ3v) is 6.00. The molecule has 182 valence electrons. The highest BCUT2D eigenvalue weighted by molar-refractivity contribution is 5.75. The van der Waals surface area contributed by atoms with Gasteiger partial charge in [-0.15, -0.1) is 0 Å². The van der Waals surface area contributed by atoms with E-state index < -0.39 is 5.56 Å². The second-order valence-electron chi connectivity index (χ2n) is 8.44. The van der Waals surface area contributed by atoms with Gasteiger partial charge in [-0.05, 0) is 23.3 Å². The number of amides is 1. The van der Waals surface area contributed by atoms with Crippen LogP contribution in [0, 0.1) is 0 Å². The van der Waals surface area contributed by atoms with Crippen LogP contribution in [0.2, 0.25) is 0 Å². The lowest BCUT2D eigenvalue weighted by Crippen LogP contribution is -2.58. The number of aromatic nitrogens is 2. The van der Waals surface area contributed by atoms with Crippen molar-refractivity contribution in [2.75, 3.05) is 39.4 Å². The maximum atomic E-state index is 13.6. The van der Waals surface area contributed by atoms with E-state index in [-0.39, 0.29) is 28.7 Å². The Morgan fingerprint density at radius 1 is 0.886 bits per heavy atom. The standard InChI is InChI=1S/C27H30N4O4/c1-29-23(18-21-8-4-2-5-9-21)27(34)31(24(26(29)33)19-22-10-6-3-7-11-22)20-25(32)28-12-13-30-14-16-35-17-15-30/h2-11,18-19H,12-17,20H2,1H3,(H,28,32)/b23-18-,24-19-.